The molecule has 0 aliphatic rings. The summed E-state index contributed by atoms with van der Waals surface area (Å²) >= 11 is 0. The van der Waals surface area contributed by atoms with Gasteiger partial charge in [-0.15, -0.1) is 0 Å². The first-order valence-electron chi connectivity index (χ1n) is 8.77. The number of hydrogen-bond acceptors (Lipinski definition) is 4. The summed E-state index contributed by atoms with van der Waals surface area (Å²) in [7, 11) is 0. The van der Waals surface area contributed by atoms with Crippen LogP contribution in [0, 0.1) is 20.8 Å². The highest BCUT2D eigenvalue weighted by atomic mass is 16.6. The van der Waals surface area contributed by atoms with Crippen molar-refractivity contribution in [2.75, 3.05) is 13.2 Å². The van der Waals surface area contributed by atoms with Crippen molar-refractivity contribution in [3.05, 3.63) is 46.8 Å². The molecule has 0 spiro atoms. The third-order valence-corrected chi connectivity index (χ3v) is 4.11. The van der Waals surface area contributed by atoms with Crippen LogP contribution in [-0.2, 0) is 16.1 Å². The summed E-state index contributed by atoms with van der Waals surface area (Å²) in [5, 5.41) is 4.33. The molecule has 0 unspecified atom stereocenters. The second kappa shape index (κ2) is 8.70. The van der Waals surface area contributed by atoms with Crippen LogP contribution in [0.25, 0.3) is 0 Å². The van der Waals surface area contributed by atoms with Crippen LogP contribution in [0.3, 0.4) is 0 Å². The Hall–Kier alpha value is -2.30. The Morgan fingerprint density at radius 3 is 2.52 bits per heavy atom. The Balaban J connectivity index is 1.69. The normalized spacial score (nSPS) is 11.0. The Labute approximate surface area is 149 Å². The summed E-state index contributed by atoms with van der Waals surface area (Å²) in [6.07, 6.45) is 0.310. The van der Waals surface area contributed by atoms with Crippen LogP contribution < -0.4 is 4.74 Å². The number of carbonyl (C=O) groups is 1. The minimum Gasteiger partial charge on any atom is -0.490 e. The van der Waals surface area contributed by atoms with Crippen molar-refractivity contribution in [1.82, 2.24) is 9.78 Å². The highest BCUT2D eigenvalue weighted by Gasteiger charge is 2.07. The van der Waals surface area contributed by atoms with Crippen LogP contribution in [0.1, 0.15) is 48.7 Å². The number of benzene rings is 1. The molecule has 0 amide bonds. The third-order valence-electron chi connectivity index (χ3n) is 4.11. The Bertz CT molecular complexity index is 720. The summed E-state index contributed by atoms with van der Waals surface area (Å²) in [5.41, 5.74) is 4.55. The van der Waals surface area contributed by atoms with Crippen LogP contribution >= 0.6 is 0 Å². The molecule has 5 heteroatoms. The van der Waals surface area contributed by atoms with Gasteiger partial charge in [0.1, 0.15) is 19.0 Å². The fraction of sp³-hybridized carbons (Fsp3) is 0.500. The van der Waals surface area contributed by atoms with E-state index in [9.17, 15) is 4.79 Å². The molecule has 0 atom stereocenters. The molecule has 0 N–H and O–H groups in total. The van der Waals surface area contributed by atoms with Crippen molar-refractivity contribution in [3.8, 4) is 5.75 Å². The lowest BCUT2D eigenvalue weighted by molar-refractivity contribution is -0.144. The number of esters is 1. The maximum absolute atomic E-state index is 11.8. The topological polar surface area (TPSA) is 53.4 Å². The van der Waals surface area contributed by atoms with E-state index in [1.807, 2.05) is 36.7 Å². The predicted molar refractivity (Wildman–Crippen MR) is 98.0 cm³/mol. The molecule has 0 saturated heterocycles. The van der Waals surface area contributed by atoms with E-state index in [-0.39, 0.29) is 12.6 Å². The molecule has 5 nitrogen and oxygen atoms in total. The van der Waals surface area contributed by atoms with Gasteiger partial charge in [-0.25, -0.2) is 0 Å². The van der Waals surface area contributed by atoms with Gasteiger partial charge in [0.15, 0.2) is 0 Å². The van der Waals surface area contributed by atoms with Crippen molar-refractivity contribution in [2.24, 2.45) is 0 Å². The summed E-state index contributed by atoms with van der Waals surface area (Å²) in [4.78, 5) is 11.8. The van der Waals surface area contributed by atoms with Gasteiger partial charge >= 0.3 is 5.97 Å². The minimum absolute atomic E-state index is 0.234. The first kappa shape index (κ1) is 19.0. The molecule has 0 aliphatic heterocycles. The van der Waals surface area contributed by atoms with E-state index in [4.69, 9.17) is 9.47 Å². The number of nitrogens with zero attached hydrogens (tertiary/aromatic N) is 2. The Morgan fingerprint density at radius 2 is 1.92 bits per heavy atom. The summed E-state index contributed by atoms with van der Waals surface area (Å²) in [6, 6.07) is 8.08. The molecule has 0 radical (unpaired) electrons. The molecule has 136 valence electrons. The zero-order chi connectivity index (χ0) is 18.4. The van der Waals surface area contributed by atoms with E-state index in [0.717, 1.165) is 17.1 Å². The molecule has 2 rings (SSSR count). The number of hydrogen-bond donors (Lipinski definition) is 0. The SMILES string of the molecule is Cc1cc(C)n(CCC(=O)OCCOc2ccc(C(C)C)c(C)c2)n1. The van der Waals surface area contributed by atoms with Gasteiger partial charge in [0, 0.05) is 5.69 Å². The Morgan fingerprint density at radius 1 is 1.16 bits per heavy atom. The summed E-state index contributed by atoms with van der Waals surface area (Å²) in [6.45, 7) is 11.5. The lowest BCUT2D eigenvalue weighted by Crippen LogP contribution is -2.15. The van der Waals surface area contributed by atoms with Crippen LogP contribution in [0.4, 0.5) is 0 Å². The maximum Gasteiger partial charge on any atom is 0.307 e. The molecular formula is C20H28N2O3. The zero-order valence-electron chi connectivity index (χ0n) is 15.8. The molecular weight excluding hydrogens is 316 g/mol. The van der Waals surface area contributed by atoms with Gasteiger partial charge in [0.05, 0.1) is 18.7 Å². The second-order valence-corrected chi connectivity index (χ2v) is 6.64. The number of aryl methyl sites for hydroxylation is 4. The monoisotopic (exact) mass is 344 g/mol. The maximum atomic E-state index is 11.8. The molecule has 1 aromatic heterocycles. The van der Waals surface area contributed by atoms with Crippen LogP contribution in [-0.4, -0.2) is 29.0 Å². The van der Waals surface area contributed by atoms with Gasteiger partial charge in [0.2, 0.25) is 0 Å². The quantitative estimate of drug-likeness (QED) is 0.537. The smallest absolute Gasteiger partial charge is 0.307 e. The average molecular weight is 344 g/mol. The molecule has 1 heterocycles. The molecule has 0 saturated carbocycles. The van der Waals surface area contributed by atoms with Gasteiger partial charge in [-0.2, -0.15) is 5.10 Å². The van der Waals surface area contributed by atoms with E-state index in [1.165, 1.54) is 11.1 Å². The molecule has 0 aliphatic carbocycles. The van der Waals surface area contributed by atoms with E-state index in [2.05, 4.69) is 31.9 Å². The fourth-order valence-corrected chi connectivity index (χ4v) is 2.87. The van der Waals surface area contributed by atoms with Gasteiger partial charge in [-0.3, -0.25) is 9.48 Å². The van der Waals surface area contributed by atoms with Gasteiger partial charge in [-0.1, -0.05) is 19.9 Å². The lowest BCUT2D eigenvalue weighted by Gasteiger charge is -2.12. The largest absolute Gasteiger partial charge is 0.490 e. The molecule has 0 fully saturated rings. The van der Waals surface area contributed by atoms with Crippen LogP contribution in [0.15, 0.2) is 24.3 Å². The van der Waals surface area contributed by atoms with Gasteiger partial charge < -0.3 is 9.47 Å². The molecule has 25 heavy (non-hydrogen) atoms. The number of aromatic nitrogens is 2. The predicted octanol–water partition coefficient (Wildman–Crippen LogP) is 3.94. The fourth-order valence-electron chi connectivity index (χ4n) is 2.87. The lowest BCUT2D eigenvalue weighted by atomic mass is 9.98. The van der Waals surface area contributed by atoms with Crippen molar-refractivity contribution in [3.63, 3.8) is 0 Å². The second-order valence-electron chi connectivity index (χ2n) is 6.64. The number of rotatable bonds is 8. The third kappa shape index (κ3) is 5.62. The first-order chi connectivity index (χ1) is 11.9. The molecule has 0 bridgehead atoms. The van der Waals surface area contributed by atoms with Crippen LogP contribution in [0.2, 0.25) is 0 Å². The summed E-state index contributed by atoms with van der Waals surface area (Å²) in [5.74, 6) is 1.07. The first-order valence-corrected chi connectivity index (χ1v) is 8.77. The van der Waals surface area contributed by atoms with Crippen molar-refractivity contribution < 1.29 is 14.3 Å². The zero-order valence-corrected chi connectivity index (χ0v) is 15.8. The van der Waals surface area contributed by atoms with E-state index in [1.54, 1.807) is 0 Å². The molecule has 1 aromatic carbocycles. The van der Waals surface area contributed by atoms with Crippen molar-refractivity contribution >= 4 is 5.97 Å². The van der Waals surface area contributed by atoms with Gasteiger partial charge in [-0.05, 0) is 56.0 Å². The highest BCUT2D eigenvalue weighted by molar-refractivity contribution is 5.69. The average Bonchev–Trinajstić information content (AvgIpc) is 2.87. The van der Waals surface area contributed by atoms with Crippen molar-refractivity contribution in [2.45, 2.75) is 53.5 Å². The molecule has 2 aromatic rings. The standard InChI is InChI=1S/C20H28N2O3/c1-14(2)19-7-6-18(12-15(19)3)24-10-11-25-20(23)8-9-22-17(5)13-16(4)21-22/h6-7,12-14H,8-11H2,1-5H3. The van der Waals surface area contributed by atoms with E-state index < -0.39 is 0 Å². The highest BCUT2D eigenvalue weighted by Crippen LogP contribution is 2.23. The van der Waals surface area contributed by atoms with E-state index in [0.29, 0.717) is 25.5 Å². The van der Waals surface area contributed by atoms with Gasteiger partial charge in [0.25, 0.3) is 0 Å². The summed E-state index contributed by atoms with van der Waals surface area (Å²) < 4.78 is 12.7. The van der Waals surface area contributed by atoms with E-state index >= 15 is 0 Å². The van der Waals surface area contributed by atoms with Crippen molar-refractivity contribution in [1.29, 1.82) is 0 Å². The number of carbonyl (C=O) groups excluding carboxylic acids is 1. The minimum atomic E-state index is -0.234. The number of ether oxygens (including phenoxy) is 2. The van der Waals surface area contributed by atoms with Crippen LogP contribution in [0.5, 0.6) is 5.75 Å². The Kier molecular flexibility index (Phi) is 6.62.